The Hall–Kier alpha value is -1.89. The number of carbonyl (C=O) groups excluding carboxylic acids is 1. The van der Waals surface area contributed by atoms with E-state index in [1.165, 1.54) is 12.1 Å². The number of carbonyl (C=O) groups is 1. The molecule has 1 aliphatic rings. The average molecular weight is 260 g/mol. The third-order valence-corrected chi connectivity index (χ3v) is 3.79. The van der Waals surface area contributed by atoms with Gasteiger partial charge in [0.2, 0.25) is 5.91 Å². The predicted octanol–water partition coefficient (Wildman–Crippen LogP) is 3.00. The molecule has 19 heavy (non-hydrogen) atoms. The van der Waals surface area contributed by atoms with Gasteiger partial charge in [-0.15, -0.1) is 0 Å². The van der Waals surface area contributed by atoms with Crippen LogP contribution in [-0.2, 0) is 10.2 Å². The van der Waals surface area contributed by atoms with Crippen LogP contribution in [-0.4, -0.2) is 13.0 Å². The number of benzene rings is 1. The van der Waals surface area contributed by atoms with Crippen LogP contribution in [0, 0.1) is 22.6 Å². The normalized spacial score (nSPS) is 22.3. The first-order valence-electron chi connectivity index (χ1n) is 6.21. The van der Waals surface area contributed by atoms with Gasteiger partial charge in [0.15, 0.2) is 0 Å². The van der Waals surface area contributed by atoms with Gasteiger partial charge in [-0.3, -0.25) is 4.79 Å². The molecule has 0 spiro atoms. The van der Waals surface area contributed by atoms with E-state index in [0.29, 0.717) is 12.0 Å². The molecule has 0 saturated carbocycles. The lowest BCUT2D eigenvalue weighted by Crippen LogP contribution is -2.39. The quantitative estimate of drug-likeness (QED) is 0.820. The highest BCUT2D eigenvalue weighted by atomic mass is 19.1. The van der Waals surface area contributed by atoms with Crippen molar-refractivity contribution in [3.05, 3.63) is 29.6 Å². The number of nitriles is 1. The summed E-state index contributed by atoms with van der Waals surface area (Å²) in [5.74, 6) is -0.445. The Bertz CT molecular complexity index is 588. The number of fused-ring (bicyclic) bond motifs is 1. The Morgan fingerprint density at radius 3 is 2.68 bits per heavy atom. The van der Waals surface area contributed by atoms with Gasteiger partial charge in [-0.2, -0.15) is 5.26 Å². The maximum Gasteiger partial charge on any atom is 0.237 e. The Kier molecular flexibility index (Phi) is 2.89. The summed E-state index contributed by atoms with van der Waals surface area (Å²) in [5, 5.41) is 9.17. The van der Waals surface area contributed by atoms with Crippen molar-refractivity contribution in [2.24, 2.45) is 5.41 Å². The topological polar surface area (TPSA) is 44.1 Å². The Morgan fingerprint density at radius 2 is 2.11 bits per heavy atom. The molecular formula is C15H17FN2O. The summed E-state index contributed by atoms with van der Waals surface area (Å²) in [7, 11) is 1.68. The molecule has 2 rings (SSSR count). The number of nitrogens with zero attached hydrogens (tertiary/aromatic N) is 2. The molecule has 1 atom stereocenters. The van der Waals surface area contributed by atoms with Crippen LogP contribution in [0.5, 0.6) is 0 Å². The third kappa shape index (κ3) is 1.99. The van der Waals surface area contributed by atoms with Gasteiger partial charge in [0, 0.05) is 12.7 Å². The monoisotopic (exact) mass is 260 g/mol. The smallest absolute Gasteiger partial charge is 0.237 e. The molecule has 0 bridgehead atoms. The first-order valence-corrected chi connectivity index (χ1v) is 6.21. The summed E-state index contributed by atoms with van der Waals surface area (Å²) in [4.78, 5) is 14.0. The van der Waals surface area contributed by atoms with E-state index in [-0.39, 0.29) is 11.7 Å². The maximum atomic E-state index is 13.5. The standard InChI is InChI=1S/C15H17FN2O/c1-14(2,9-17)8-15(3)11-7-10(16)5-6-12(11)18(4)13(15)19/h5-7H,8H2,1-4H3/t15-/m0/s1. The van der Waals surface area contributed by atoms with Gasteiger partial charge >= 0.3 is 0 Å². The first kappa shape index (κ1) is 13.5. The van der Waals surface area contributed by atoms with Crippen molar-refractivity contribution in [3.8, 4) is 6.07 Å². The number of halogens is 1. The van der Waals surface area contributed by atoms with E-state index < -0.39 is 10.8 Å². The van der Waals surface area contributed by atoms with Crippen LogP contribution in [0.25, 0.3) is 0 Å². The van der Waals surface area contributed by atoms with Crippen molar-refractivity contribution in [1.82, 2.24) is 0 Å². The molecule has 3 nitrogen and oxygen atoms in total. The van der Waals surface area contributed by atoms with Crippen LogP contribution < -0.4 is 4.90 Å². The predicted molar refractivity (Wildman–Crippen MR) is 71.2 cm³/mol. The molecule has 4 heteroatoms. The lowest BCUT2D eigenvalue weighted by atomic mass is 9.71. The molecule has 0 aliphatic carbocycles. The summed E-state index contributed by atoms with van der Waals surface area (Å²) in [6.45, 7) is 5.38. The lowest BCUT2D eigenvalue weighted by Gasteiger charge is -2.29. The minimum absolute atomic E-state index is 0.0866. The number of anilines is 1. The van der Waals surface area contributed by atoms with Crippen LogP contribution >= 0.6 is 0 Å². The fraction of sp³-hybridized carbons (Fsp3) is 0.467. The molecule has 0 saturated heterocycles. The van der Waals surface area contributed by atoms with Crippen LogP contribution in [0.1, 0.15) is 32.8 Å². The van der Waals surface area contributed by atoms with E-state index in [1.807, 2.05) is 0 Å². The fourth-order valence-corrected chi connectivity index (χ4v) is 2.93. The van der Waals surface area contributed by atoms with Crippen molar-refractivity contribution >= 4 is 11.6 Å². The molecule has 0 fully saturated rings. The summed E-state index contributed by atoms with van der Waals surface area (Å²) < 4.78 is 13.5. The minimum Gasteiger partial charge on any atom is -0.314 e. The SMILES string of the molecule is CN1C(=O)[C@@](C)(CC(C)(C)C#N)c2cc(F)ccc21. The van der Waals surface area contributed by atoms with E-state index in [9.17, 15) is 14.4 Å². The van der Waals surface area contributed by atoms with E-state index in [4.69, 9.17) is 0 Å². The zero-order valence-electron chi connectivity index (χ0n) is 11.6. The number of hydrogen-bond acceptors (Lipinski definition) is 2. The van der Waals surface area contributed by atoms with E-state index >= 15 is 0 Å². The Morgan fingerprint density at radius 1 is 1.47 bits per heavy atom. The van der Waals surface area contributed by atoms with E-state index in [2.05, 4.69) is 6.07 Å². The summed E-state index contributed by atoms with van der Waals surface area (Å²) in [6.07, 6.45) is 0.371. The number of rotatable bonds is 2. The van der Waals surface area contributed by atoms with Gasteiger partial charge < -0.3 is 4.90 Å². The molecule has 0 aromatic heterocycles. The third-order valence-electron chi connectivity index (χ3n) is 3.79. The Balaban J connectivity index is 2.57. The zero-order chi connectivity index (χ0) is 14.4. The molecular weight excluding hydrogens is 243 g/mol. The first-order chi connectivity index (χ1) is 8.71. The van der Waals surface area contributed by atoms with Gasteiger partial charge in [0.05, 0.1) is 16.9 Å². The van der Waals surface area contributed by atoms with Gasteiger partial charge in [-0.25, -0.2) is 4.39 Å². The van der Waals surface area contributed by atoms with Gasteiger partial charge in [0.1, 0.15) is 5.82 Å². The summed E-state index contributed by atoms with van der Waals surface area (Å²) >= 11 is 0. The highest BCUT2D eigenvalue weighted by Gasteiger charge is 2.48. The van der Waals surface area contributed by atoms with Gasteiger partial charge in [0.25, 0.3) is 0 Å². The number of amides is 1. The summed E-state index contributed by atoms with van der Waals surface area (Å²) in [5.41, 5.74) is -0.0871. The van der Waals surface area contributed by atoms with Crippen LogP contribution in [0.4, 0.5) is 10.1 Å². The highest BCUT2D eigenvalue weighted by Crippen LogP contribution is 2.47. The second kappa shape index (κ2) is 4.06. The van der Waals surface area contributed by atoms with Gasteiger partial charge in [-0.1, -0.05) is 0 Å². The van der Waals surface area contributed by atoms with Crippen molar-refractivity contribution in [2.45, 2.75) is 32.6 Å². The molecule has 0 N–H and O–H groups in total. The minimum atomic E-state index is -0.842. The maximum absolute atomic E-state index is 13.5. The highest BCUT2D eigenvalue weighted by molar-refractivity contribution is 6.07. The summed E-state index contributed by atoms with van der Waals surface area (Å²) in [6, 6.07) is 6.59. The zero-order valence-corrected chi connectivity index (χ0v) is 11.6. The molecule has 100 valence electrons. The molecule has 0 unspecified atom stereocenters. The number of hydrogen-bond donors (Lipinski definition) is 0. The second-order valence-electron chi connectivity index (χ2n) is 6.03. The van der Waals surface area contributed by atoms with Crippen LogP contribution in [0.3, 0.4) is 0 Å². The van der Waals surface area contributed by atoms with Crippen molar-refractivity contribution in [3.63, 3.8) is 0 Å². The molecule has 1 heterocycles. The van der Waals surface area contributed by atoms with Crippen molar-refractivity contribution in [2.75, 3.05) is 11.9 Å². The second-order valence-corrected chi connectivity index (χ2v) is 6.03. The molecule has 1 amide bonds. The van der Waals surface area contributed by atoms with Crippen LogP contribution in [0.15, 0.2) is 18.2 Å². The molecule has 1 aromatic rings. The van der Waals surface area contributed by atoms with Crippen molar-refractivity contribution < 1.29 is 9.18 Å². The molecule has 1 aromatic carbocycles. The molecule has 0 radical (unpaired) electrons. The van der Waals surface area contributed by atoms with Gasteiger partial charge in [-0.05, 0) is 51.0 Å². The Labute approximate surface area is 112 Å². The van der Waals surface area contributed by atoms with E-state index in [0.717, 1.165) is 5.69 Å². The fourth-order valence-electron chi connectivity index (χ4n) is 2.93. The van der Waals surface area contributed by atoms with Crippen LogP contribution in [0.2, 0.25) is 0 Å². The lowest BCUT2D eigenvalue weighted by molar-refractivity contribution is -0.123. The van der Waals surface area contributed by atoms with E-state index in [1.54, 1.807) is 38.8 Å². The largest absolute Gasteiger partial charge is 0.314 e. The van der Waals surface area contributed by atoms with Crippen molar-refractivity contribution in [1.29, 1.82) is 5.26 Å². The molecule has 1 aliphatic heterocycles. The average Bonchev–Trinajstić information content (AvgIpc) is 2.51. The number of likely N-dealkylation sites (N-methyl/N-ethyl adjacent to an activating group) is 1.